The number of aromatic nitrogens is 3. The van der Waals surface area contributed by atoms with E-state index in [1.165, 1.54) is 11.8 Å². The van der Waals surface area contributed by atoms with Gasteiger partial charge in [-0.2, -0.15) is 0 Å². The van der Waals surface area contributed by atoms with Crippen LogP contribution in [0.3, 0.4) is 0 Å². The average Bonchev–Trinajstić information content (AvgIpc) is 2.90. The van der Waals surface area contributed by atoms with Crippen LogP contribution in [0.25, 0.3) is 16.9 Å². The third-order valence-electron chi connectivity index (χ3n) is 3.22. The molecule has 3 aromatic rings. The zero-order valence-corrected chi connectivity index (χ0v) is 10.9. The highest BCUT2D eigenvalue weighted by Crippen LogP contribution is 2.19. The Morgan fingerprint density at radius 1 is 1.20 bits per heavy atom. The van der Waals surface area contributed by atoms with Gasteiger partial charge in [0.05, 0.1) is 0 Å². The van der Waals surface area contributed by atoms with Gasteiger partial charge in [0.15, 0.2) is 5.69 Å². The summed E-state index contributed by atoms with van der Waals surface area (Å²) in [5.41, 5.74) is 3.24. The molecule has 0 aliphatic carbocycles. The molecule has 100 valence electrons. The van der Waals surface area contributed by atoms with E-state index in [0.717, 1.165) is 17.5 Å². The Kier molecular flexibility index (Phi) is 2.95. The van der Waals surface area contributed by atoms with Crippen molar-refractivity contribution in [1.82, 2.24) is 14.4 Å². The Morgan fingerprint density at radius 2 is 1.95 bits per heavy atom. The molecule has 5 nitrogen and oxygen atoms in total. The number of nitrogens with zero attached hydrogens (tertiary/aromatic N) is 3. The molecule has 0 saturated heterocycles. The molecule has 0 unspecified atom stereocenters. The highest BCUT2D eigenvalue weighted by molar-refractivity contribution is 5.85. The van der Waals surface area contributed by atoms with Gasteiger partial charge in [-0.3, -0.25) is 4.40 Å². The summed E-state index contributed by atoms with van der Waals surface area (Å²) < 4.78 is 1.63. The van der Waals surface area contributed by atoms with E-state index < -0.39 is 5.97 Å². The number of carboxylic acids is 1. The quantitative estimate of drug-likeness (QED) is 0.792. The van der Waals surface area contributed by atoms with Gasteiger partial charge in [0, 0.05) is 24.2 Å². The number of fused-ring (bicyclic) bond motifs is 1. The van der Waals surface area contributed by atoms with E-state index in [4.69, 9.17) is 5.11 Å². The maximum absolute atomic E-state index is 10.9. The predicted molar refractivity (Wildman–Crippen MR) is 74.8 cm³/mol. The summed E-state index contributed by atoms with van der Waals surface area (Å²) in [5.74, 6) is -0.666. The van der Waals surface area contributed by atoms with Crippen LogP contribution < -0.4 is 0 Å². The first-order valence-electron chi connectivity index (χ1n) is 6.34. The second-order valence-electron chi connectivity index (χ2n) is 4.53. The number of hydrogen-bond donors (Lipinski definition) is 1. The Hall–Kier alpha value is -2.69. The minimum Gasteiger partial charge on any atom is -0.476 e. The standard InChI is InChI=1S/C15H13N3O2/c1-2-10-3-5-11(6-4-10)12-7-16-15-17-13(14(19)20)9-18(15)8-12/h3-9H,2H2,1H3,(H,19,20). The summed E-state index contributed by atoms with van der Waals surface area (Å²) in [6.45, 7) is 2.11. The molecule has 0 bridgehead atoms. The topological polar surface area (TPSA) is 67.5 Å². The second kappa shape index (κ2) is 4.77. The maximum Gasteiger partial charge on any atom is 0.356 e. The summed E-state index contributed by atoms with van der Waals surface area (Å²) in [5, 5.41) is 8.93. The molecule has 1 N–H and O–H groups in total. The number of aromatic carboxylic acids is 1. The molecule has 2 aromatic heterocycles. The van der Waals surface area contributed by atoms with Crippen LogP contribution >= 0.6 is 0 Å². The van der Waals surface area contributed by atoms with Gasteiger partial charge in [-0.15, -0.1) is 0 Å². The van der Waals surface area contributed by atoms with Gasteiger partial charge < -0.3 is 5.11 Å². The third-order valence-corrected chi connectivity index (χ3v) is 3.22. The van der Waals surface area contributed by atoms with Gasteiger partial charge in [0.25, 0.3) is 0 Å². The first-order valence-corrected chi connectivity index (χ1v) is 6.34. The summed E-state index contributed by atoms with van der Waals surface area (Å²) in [6.07, 6.45) is 6.01. The average molecular weight is 267 g/mol. The third kappa shape index (κ3) is 2.14. The first-order chi connectivity index (χ1) is 9.67. The van der Waals surface area contributed by atoms with Crippen LogP contribution in [-0.2, 0) is 6.42 Å². The second-order valence-corrected chi connectivity index (χ2v) is 4.53. The number of hydrogen-bond acceptors (Lipinski definition) is 3. The molecule has 3 rings (SSSR count). The number of aryl methyl sites for hydroxylation is 1. The van der Waals surface area contributed by atoms with Crippen LogP contribution in [0.1, 0.15) is 23.0 Å². The van der Waals surface area contributed by atoms with Gasteiger partial charge >= 0.3 is 5.97 Å². The van der Waals surface area contributed by atoms with Gasteiger partial charge in [-0.1, -0.05) is 31.2 Å². The van der Waals surface area contributed by atoms with Crippen molar-refractivity contribution < 1.29 is 9.90 Å². The molecule has 0 saturated carbocycles. The molecular weight excluding hydrogens is 254 g/mol. The van der Waals surface area contributed by atoms with E-state index in [1.807, 2.05) is 18.3 Å². The van der Waals surface area contributed by atoms with Crippen LogP contribution in [0, 0.1) is 0 Å². The highest BCUT2D eigenvalue weighted by atomic mass is 16.4. The van der Waals surface area contributed by atoms with Crippen molar-refractivity contribution in [1.29, 1.82) is 0 Å². The van der Waals surface area contributed by atoms with Crippen molar-refractivity contribution in [2.45, 2.75) is 13.3 Å². The smallest absolute Gasteiger partial charge is 0.356 e. The first kappa shape index (κ1) is 12.3. The normalized spacial score (nSPS) is 10.8. The van der Waals surface area contributed by atoms with E-state index in [2.05, 4.69) is 29.0 Å². The van der Waals surface area contributed by atoms with E-state index in [0.29, 0.717) is 5.78 Å². The summed E-state index contributed by atoms with van der Waals surface area (Å²) >= 11 is 0. The Labute approximate surface area is 115 Å². The number of benzene rings is 1. The predicted octanol–water partition coefficient (Wildman–Crippen LogP) is 2.66. The molecule has 0 aliphatic heterocycles. The molecule has 0 fully saturated rings. The summed E-state index contributed by atoms with van der Waals surface area (Å²) in [4.78, 5) is 19.0. The molecule has 0 spiro atoms. The minimum atomic E-state index is -1.05. The fourth-order valence-corrected chi connectivity index (χ4v) is 2.07. The Balaban J connectivity index is 2.04. The van der Waals surface area contributed by atoms with E-state index in [1.54, 1.807) is 10.6 Å². The van der Waals surface area contributed by atoms with Crippen molar-refractivity contribution >= 4 is 11.7 Å². The van der Waals surface area contributed by atoms with Gasteiger partial charge in [0.2, 0.25) is 5.78 Å². The lowest BCUT2D eigenvalue weighted by Crippen LogP contribution is -1.94. The van der Waals surface area contributed by atoms with Crippen LogP contribution in [0.15, 0.2) is 42.9 Å². The van der Waals surface area contributed by atoms with Crippen molar-refractivity contribution in [3.63, 3.8) is 0 Å². The molecule has 0 aliphatic rings. The molecule has 5 heteroatoms. The number of carboxylic acid groups (broad SMARTS) is 1. The monoisotopic (exact) mass is 267 g/mol. The fourth-order valence-electron chi connectivity index (χ4n) is 2.07. The van der Waals surface area contributed by atoms with E-state index in [-0.39, 0.29) is 5.69 Å². The van der Waals surface area contributed by atoms with Gasteiger partial charge in [-0.05, 0) is 17.5 Å². The number of rotatable bonds is 3. The lowest BCUT2D eigenvalue weighted by Gasteiger charge is -2.03. The van der Waals surface area contributed by atoms with Crippen molar-refractivity contribution in [3.8, 4) is 11.1 Å². The molecule has 0 radical (unpaired) electrons. The maximum atomic E-state index is 10.9. The summed E-state index contributed by atoms with van der Waals surface area (Å²) in [6, 6.07) is 8.24. The van der Waals surface area contributed by atoms with Crippen molar-refractivity contribution in [2.24, 2.45) is 0 Å². The molecular formula is C15H13N3O2. The highest BCUT2D eigenvalue weighted by Gasteiger charge is 2.10. The van der Waals surface area contributed by atoms with E-state index in [9.17, 15) is 4.79 Å². The van der Waals surface area contributed by atoms with Crippen LogP contribution in [0.5, 0.6) is 0 Å². The molecule has 2 heterocycles. The van der Waals surface area contributed by atoms with Gasteiger partial charge in [0.1, 0.15) is 0 Å². The van der Waals surface area contributed by atoms with Gasteiger partial charge in [-0.25, -0.2) is 14.8 Å². The number of imidazole rings is 1. The molecule has 0 atom stereocenters. The molecule has 20 heavy (non-hydrogen) atoms. The zero-order valence-electron chi connectivity index (χ0n) is 10.9. The number of carbonyl (C=O) groups is 1. The largest absolute Gasteiger partial charge is 0.476 e. The lowest BCUT2D eigenvalue weighted by molar-refractivity contribution is 0.0691. The summed E-state index contributed by atoms with van der Waals surface area (Å²) in [7, 11) is 0. The zero-order chi connectivity index (χ0) is 14.1. The van der Waals surface area contributed by atoms with Crippen LogP contribution in [0.4, 0.5) is 0 Å². The Morgan fingerprint density at radius 3 is 2.60 bits per heavy atom. The molecule has 1 aromatic carbocycles. The van der Waals surface area contributed by atoms with Crippen LogP contribution in [0.2, 0.25) is 0 Å². The van der Waals surface area contributed by atoms with Crippen LogP contribution in [-0.4, -0.2) is 25.4 Å². The Bertz CT molecular complexity index is 775. The fraction of sp³-hybridized carbons (Fsp3) is 0.133. The van der Waals surface area contributed by atoms with Crippen molar-refractivity contribution in [3.05, 3.63) is 54.1 Å². The molecule has 0 amide bonds. The SMILES string of the molecule is CCc1ccc(-c2cnc3nc(C(=O)O)cn3c2)cc1. The van der Waals surface area contributed by atoms with E-state index >= 15 is 0 Å². The minimum absolute atomic E-state index is 0.00372. The lowest BCUT2D eigenvalue weighted by atomic mass is 10.1. The van der Waals surface area contributed by atoms with Crippen molar-refractivity contribution in [2.75, 3.05) is 0 Å².